The Kier molecular flexibility index (Phi) is 23.0. The molecule has 0 aliphatic carbocycles. The number of nitrogens with zero attached hydrogens (tertiary/aromatic N) is 1. The van der Waals surface area contributed by atoms with Crippen LogP contribution in [0, 0.1) is 0 Å². The Bertz CT molecular complexity index is 467. The van der Waals surface area contributed by atoms with Gasteiger partial charge < -0.3 is 32.6 Å². The zero-order valence-corrected chi connectivity index (χ0v) is 23.1. The Balaban J connectivity index is 3.23. The molecule has 0 aromatic carbocycles. The maximum absolute atomic E-state index is 11.6. The Hall–Kier alpha value is 0.300. The monoisotopic (exact) mass is 515 g/mol. The molecule has 8 nitrogen and oxygen atoms in total. The summed E-state index contributed by atoms with van der Waals surface area (Å²) in [5, 5.41) is 0. The van der Waals surface area contributed by atoms with Crippen LogP contribution in [0.15, 0.2) is 0 Å². The molecule has 0 bridgehead atoms. The van der Waals surface area contributed by atoms with E-state index in [2.05, 4.69) is 12.6 Å². The van der Waals surface area contributed by atoms with E-state index in [1.807, 2.05) is 21.1 Å². The summed E-state index contributed by atoms with van der Waals surface area (Å²) in [6.45, 7) is 3.49. The summed E-state index contributed by atoms with van der Waals surface area (Å²) >= 11 is 4.24. The molecule has 0 rings (SSSR count). The molecule has 200 valence electrons. The van der Waals surface area contributed by atoms with Crippen LogP contribution in [0.3, 0.4) is 0 Å². The summed E-state index contributed by atoms with van der Waals surface area (Å²) < 4.78 is 38.1. The number of likely N-dealkylation sites (N-methyl/N-ethyl adjacent to an activating group) is 1. The lowest BCUT2D eigenvalue weighted by Crippen LogP contribution is -2.37. The average molecular weight is 516 g/mol. The lowest BCUT2D eigenvalue weighted by Gasteiger charge is -2.27. The zero-order chi connectivity index (χ0) is 24.7. The third-order valence-electron chi connectivity index (χ3n) is 4.93. The van der Waals surface area contributed by atoms with Gasteiger partial charge in [0, 0.05) is 6.61 Å². The molecule has 0 saturated heterocycles. The highest BCUT2D eigenvalue weighted by Gasteiger charge is 2.13. The van der Waals surface area contributed by atoms with Gasteiger partial charge in [0.1, 0.15) is 13.2 Å². The average Bonchev–Trinajstić information content (AvgIpc) is 2.73. The number of unbranched alkanes of at least 4 members (excludes halogenated alkanes) is 9. The lowest BCUT2D eigenvalue weighted by atomic mass is 10.1. The maximum atomic E-state index is 11.6. The molecule has 1 atom stereocenters. The molecule has 0 spiro atoms. The van der Waals surface area contributed by atoms with Crippen molar-refractivity contribution in [2.75, 3.05) is 86.3 Å². The van der Waals surface area contributed by atoms with Crippen molar-refractivity contribution in [3.8, 4) is 0 Å². The number of hydrogen-bond acceptors (Lipinski definition) is 8. The van der Waals surface area contributed by atoms with Crippen LogP contribution in [-0.4, -0.2) is 90.8 Å². The van der Waals surface area contributed by atoms with E-state index in [1.54, 1.807) is 0 Å². The van der Waals surface area contributed by atoms with E-state index in [-0.39, 0.29) is 19.8 Å². The smallest absolute Gasteiger partial charge is 0.268 e. The van der Waals surface area contributed by atoms with Crippen LogP contribution < -0.4 is 4.89 Å². The van der Waals surface area contributed by atoms with E-state index in [1.165, 1.54) is 57.8 Å². The van der Waals surface area contributed by atoms with Crippen molar-refractivity contribution in [2.45, 2.75) is 64.2 Å². The van der Waals surface area contributed by atoms with Crippen LogP contribution in [0.5, 0.6) is 0 Å². The highest BCUT2D eigenvalue weighted by Crippen LogP contribution is 2.37. The summed E-state index contributed by atoms with van der Waals surface area (Å²) in [6, 6.07) is 0. The van der Waals surface area contributed by atoms with Crippen molar-refractivity contribution in [1.29, 1.82) is 0 Å². The fraction of sp³-hybridized carbons (Fsp3) is 1.00. The highest BCUT2D eigenvalue weighted by atomic mass is 32.1. The SMILES string of the molecule is C[N+](C)(C)CCOP(=O)([O-])OCCOCCOCCOCCCCCCCCCCCCS. The molecule has 0 aromatic rings. The second-order valence-corrected chi connectivity index (χ2v) is 11.1. The molecule has 0 aliphatic rings. The minimum atomic E-state index is -4.26. The number of thiol groups is 1. The summed E-state index contributed by atoms with van der Waals surface area (Å²) in [5.74, 6) is 1.02. The first-order chi connectivity index (χ1) is 15.8. The largest absolute Gasteiger partial charge is 0.756 e. The second-order valence-electron chi connectivity index (χ2n) is 9.22. The predicted octanol–water partition coefficient (Wildman–Crippen LogP) is 4.07. The molecular formula is C23H50NO7PS. The van der Waals surface area contributed by atoms with Gasteiger partial charge in [0.15, 0.2) is 0 Å². The minimum Gasteiger partial charge on any atom is -0.756 e. The van der Waals surface area contributed by atoms with Crippen LogP contribution in [-0.2, 0) is 27.8 Å². The topological polar surface area (TPSA) is 86.3 Å². The van der Waals surface area contributed by atoms with E-state index in [0.29, 0.717) is 37.5 Å². The van der Waals surface area contributed by atoms with Crippen molar-refractivity contribution in [1.82, 2.24) is 0 Å². The molecule has 0 amide bonds. The fourth-order valence-corrected chi connectivity index (χ4v) is 3.85. The first-order valence-corrected chi connectivity index (χ1v) is 14.6. The molecule has 0 fully saturated rings. The number of phosphoric ester groups is 1. The standard InChI is InChI=1S/C23H50NO7PS/c1-24(2,3)14-16-30-32(25,26)31-22-21-29-20-19-28-18-17-27-15-12-10-8-6-4-5-7-9-11-13-23-33/h4-23H2,1-3H3,(H-,25,26,33). The normalized spacial score (nSPS) is 14.0. The van der Waals surface area contributed by atoms with Gasteiger partial charge >= 0.3 is 0 Å². The van der Waals surface area contributed by atoms with Gasteiger partial charge in [-0.25, -0.2) is 0 Å². The van der Waals surface area contributed by atoms with Crippen molar-refractivity contribution in [2.24, 2.45) is 0 Å². The molecule has 0 aliphatic heterocycles. The van der Waals surface area contributed by atoms with Gasteiger partial charge in [-0.15, -0.1) is 0 Å². The van der Waals surface area contributed by atoms with Crippen LogP contribution >= 0.6 is 20.5 Å². The van der Waals surface area contributed by atoms with E-state index in [4.69, 9.17) is 23.3 Å². The van der Waals surface area contributed by atoms with Crippen molar-refractivity contribution in [3.05, 3.63) is 0 Å². The van der Waals surface area contributed by atoms with Crippen molar-refractivity contribution in [3.63, 3.8) is 0 Å². The highest BCUT2D eigenvalue weighted by molar-refractivity contribution is 7.80. The third-order valence-corrected chi connectivity index (χ3v) is 6.24. The second kappa shape index (κ2) is 22.7. The van der Waals surface area contributed by atoms with Gasteiger partial charge in [0.05, 0.1) is 60.8 Å². The van der Waals surface area contributed by atoms with E-state index in [0.717, 1.165) is 18.8 Å². The quantitative estimate of drug-likeness (QED) is 0.0804. The molecule has 0 radical (unpaired) electrons. The van der Waals surface area contributed by atoms with Gasteiger partial charge in [-0.1, -0.05) is 51.4 Å². The van der Waals surface area contributed by atoms with E-state index >= 15 is 0 Å². The van der Waals surface area contributed by atoms with Crippen molar-refractivity contribution >= 4 is 20.5 Å². The number of phosphoric acid groups is 1. The first-order valence-electron chi connectivity index (χ1n) is 12.5. The van der Waals surface area contributed by atoms with Crippen LogP contribution in [0.2, 0.25) is 0 Å². The van der Waals surface area contributed by atoms with E-state index in [9.17, 15) is 9.46 Å². The van der Waals surface area contributed by atoms with Gasteiger partial charge in [-0.05, 0) is 18.6 Å². The molecule has 10 heteroatoms. The van der Waals surface area contributed by atoms with Gasteiger partial charge in [0.25, 0.3) is 7.82 Å². The zero-order valence-electron chi connectivity index (χ0n) is 21.3. The summed E-state index contributed by atoms with van der Waals surface area (Å²) in [7, 11) is 1.61. The predicted molar refractivity (Wildman–Crippen MR) is 135 cm³/mol. The summed E-state index contributed by atoms with van der Waals surface area (Å²) in [4.78, 5) is 11.6. The van der Waals surface area contributed by atoms with Crippen molar-refractivity contribution < 1.29 is 37.2 Å². The minimum absolute atomic E-state index is 0.0648. The molecule has 33 heavy (non-hydrogen) atoms. The molecule has 1 unspecified atom stereocenters. The molecule has 0 heterocycles. The Labute approximate surface area is 208 Å². The lowest BCUT2D eigenvalue weighted by molar-refractivity contribution is -0.870. The Morgan fingerprint density at radius 1 is 0.606 bits per heavy atom. The third kappa shape index (κ3) is 28.4. The number of quaternary nitrogens is 1. The Morgan fingerprint density at radius 3 is 1.48 bits per heavy atom. The molecular weight excluding hydrogens is 465 g/mol. The Morgan fingerprint density at radius 2 is 1.00 bits per heavy atom. The summed E-state index contributed by atoms with van der Waals surface area (Å²) in [6.07, 6.45) is 13.0. The maximum Gasteiger partial charge on any atom is 0.268 e. The van der Waals surface area contributed by atoms with Crippen LogP contribution in [0.25, 0.3) is 0 Å². The number of rotatable bonds is 26. The van der Waals surface area contributed by atoms with Gasteiger partial charge in [-0.2, -0.15) is 12.6 Å². The van der Waals surface area contributed by atoms with Crippen LogP contribution in [0.1, 0.15) is 64.2 Å². The molecule has 0 saturated carbocycles. The van der Waals surface area contributed by atoms with Crippen LogP contribution in [0.4, 0.5) is 0 Å². The van der Waals surface area contributed by atoms with Gasteiger partial charge in [0.2, 0.25) is 0 Å². The summed E-state index contributed by atoms with van der Waals surface area (Å²) in [5.41, 5.74) is 0. The van der Waals surface area contributed by atoms with Gasteiger partial charge in [-0.3, -0.25) is 4.57 Å². The van der Waals surface area contributed by atoms with E-state index < -0.39 is 7.82 Å². The fourth-order valence-electron chi connectivity index (χ4n) is 2.94. The molecule has 0 N–H and O–H groups in total. The first kappa shape index (κ1) is 33.3. The number of hydrogen-bond donors (Lipinski definition) is 1. The molecule has 0 aromatic heterocycles. The number of ether oxygens (including phenoxy) is 3.